The smallest absolute Gasteiger partial charge is 0.236 e. The van der Waals surface area contributed by atoms with Gasteiger partial charge < -0.3 is 25.0 Å². The molecule has 0 saturated carbocycles. The number of aliphatic hydroxyl groups excluding tert-OH is 1. The van der Waals surface area contributed by atoms with E-state index in [2.05, 4.69) is 11.4 Å². The molecule has 0 aliphatic carbocycles. The van der Waals surface area contributed by atoms with Crippen molar-refractivity contribution in [3.05, 3.63) is 42.0 Å². The summed E-state index contributed by atoms with van der Waals surface area (Å²) in [5.41, 5.74) is 1.03. The fourth-order valence-corrected chi connectivity index (χ4v) is 4.63. The number of nitrogens with one attached hydrogen (secondary N) is 1. The highest BCUT2D eigenvalue weighted by molar-refractivity contribution is 5.79. The molecular weight excluding hydrogens is 382 g/mol. The molecule has 162 valence electrons. The molecule has 3 heterocycles. The number of hydrogen-bond acceptors (Lipinski definition) is 5. The van der Waals surface area contributed by atoms with Gasteiger partial charge in [0.2, 0.25) is 11.8 Å². The molecule has 4 rings (SSSR count). The first-order valence-corrected chi connectivity index (χ1v) is 10.9. The quantitative estimate of drug-likeness (QED) is 0.712. The average Bonchev–Trinajstić information content (AvgIpc) is 3.19. The summed E-state index contributed by atoms with van der Waals surface area (Å²) in [5.74, 6) is 1.35. The second kappa shape index (κ2) is 9.62. The van der Waals surface area contributed by atoms with Crippen LogP contribution in [0.5, 0.6) is 5.75 Å². The van der Waals surface area contributed by atoms with Crippen LogP contribution in [0.4, 0.5) is 0 Å². The van der Waals surface area contributed by atoms with Crippen molar-refractivity contribution >= 4 is 11.8 Å². The van der Waals surface area contributed by atoms with Crippen molar-refractivity contribution in [1.29, 1.82) is 0 Å². The summed E-state index contributed by atoms with van der Waals surface area (Å²) in [6, 6.07) is 7.87. The van der Waals surface area contributed by atoms with Crippen LogP contribution >= 0.6 is 0 Å². The molecular formula is C23H31N3O4. The van der Waals surface area contributed by atoms with Crippen LogP contribution in [0.2, 0.25) is 0 Å². The van der Waals surface area contributed by atoms with Gasteiger partial charge in [0.05, 0.1) is 12.6 Å². The number of likely N-dealkylation sites (tertiary alicyclic amines) is 1. The number of carbonyl (C=O) groups is 2. The van der Waals surface area contributed by atoms with Crippen LogP contribution in [-0.4, -0.2) is 72.2 Å². The number of benzene rings is 1. The zero-order valence-electron chi connectivity index (χ0n) is 17.3. The van der Waals surface area contributed by atoms with E-state index in [1.54, 1.807) is 4.90 Å². The third kappa shape index (κ3) is 5.02. The van der Waals surface area contributed by atoms with Gasteiger partial charge in [-0.05, 0) is 30.7 Å². The zero-order chi connectivity index (χ0) is 20.9. The van der Waals surface area contributed by atoms with Crippen molar-refractivity contribution < 1.29 is 19.4 Å². The predicted molar refractivity (Wildman–Crippen MR) is 113 cm³/mol. The Balaban J connectivity index is 1.45. The maximum absolute atomic E-state index is 12.7. The lowest BCUT2D eigenvalue weighted by atomic mass is 9.82. The normalized spacial score (nSPS) is 28.6. The van der Waals surface area contributed by atoms with Crippen LogP contribution in [0, 0.1) is 11.8 Å². The Bertz CT molecular complexity index is 796. The number of amides is 2. The lowest BCUT2D eigenvalue weighted by Gasteiger charge is -2.37. The number of para-hydroxylation sites is 1. The molecule has 7 heteroatoms. The third-order valence-electron chi connectivity index (χ3n) is 6.39. The molecule has 0 unspecified atom stereocenters. The number of piperidine rings is 1. The third-order valence-corrected chi connectivity index (χ3v) is 6.39. The number of hydrogen-bond donors (Lipinski definition) is 2. The SMILES string of the molecule is O=C(C[C@@H]1CCN2C[C@@H]1/C=C\COc1ccccc1CNCC2=O)N1CC[C@@H](O)C1. The minimum atomic E-state index is -0.397. The van der Waals surface area contributed by atoms with E-state index in [0.29, 0.717) is 58.7 Å². The molecule has 0 spiro atoms. The van der Waals surface area contributed by atoms with Gasteiger partial charge in [0.15, 0.2) is 0 Å². The number of ether oxygens (including phenoxy) is 1. The zero-order valence-corrected chi connectivity index (χ0v) is 17.3. The molecule has 1 aromatic carbocycles. The molecule has 0 aromatic heterocycles. The van der Waals surface area contributed by atoms with Crippen LogP contribution in [0.3, 0.4) is 0 Å². The molecule has 2 fully saturated rings. The Hall–Kier alpha value is -2.38. The van der Waals surface area contributed by atoms with E-state index in [9.17, 15) is 14.7 Å². The van der Waals surface area contributed by atoms with Gasteiger partial charge in [-0.1, -0.05) is 30.4 Å². The fraction of sp³-hybridized carbons (Fsp3) is 0.565. The van der Waals surface area contributed by atoms with Crippen molar-refractivity contribution in [2.24, 2.45) is 11.8 Å². The summed E-state index contributed by atoms with van der Waals surface area (Å²) < 4.78 is 5.95. The number of β-amino-alcohol motifs (C(OH)–C–C–N with tert-alkyl or cyclic N) is 1. The van der Waals surface area contributed by atoms with Crippen LogP contribution < -0.4 is 10.1 Å². The van der Waals surface area contributed by atoms with Crippen molar-refractivity contribution in [2.45, 2.75) is 31.9 Å². The molecule has 3 aliphatic heterocycles. The Morgan fingerprint density at radius 3 is 2.87 bits per heavy atom. The first kappa shape index (κ1) is 20.9. The van der Waals surface area contributed by atoms with Gasteiger partial charge in [-0.2, -0.15) is 0 Å². The predicted octanol–water partition coefficient (Wildman–Crippen LogP) is 1.17. The Labute approximate surface area is 177 Å². The number of fused-ring (bicyclic) bond motifs is 3. The van der Waals surface area contributed by atoms with E-state index in [-0.39, 0.29) is 23.7 Å². The van der Waals surface area contributed by atoms with Crippen LogP contribution in [-0.2, 0) is 16.1 Å². The lowest BCUT2D eigenvalue weighted by Crippen LogP contribution is -2.47. The van der Waals surface area contributed by atoms with E-state index in [0.717, 1.165) is 17.7 Å². The van der Waals surface area contributed by atoms with Gasteiger partial charge in [0.25, 0.3) is 0 Å². The van der Waals surface area contributed by atoms with E-state index in [1.165, 1.54) is 0 Å². The van der Waals surface area contributed by atoms with E-state index in [1.807, 2.05) is 35.2 Å². The molecule has 7 nitrogen and oxygen atoms in total. The molecule has 30 heavy (non-hydrogen) atoms. The molecule has 2 bridgehead atoms. The number of rotatable bonds is 2. The van der Waals surface area contributed by atoms with Crippen LogP contribution in [0.1, 0.15) is 24.8 Å². The molecule has 2 saturated heterocycles. The Kier molecular flexibility index (Phi) is 6.69. The van der Waals surface area contributed by atoms with Crippen molar-refractivity contribution in [2.75, 3.05) is 39.3 Å². The standard InChI is InChI=1S/C23H31N3O4/c27-20-8-10-26(16-20)22(28)12-17-7-9-25-15-19(17)5-3-11-30-21-6-2-1-4-18(21)13-24-14-23(25)29/h1-6,17,19-20,24,27H,7-16H2/b5-3-/t17-,19-,20+/m0/s1. The first-order chi connectivity index (χ1) is 14.6. The molecule has 0 radical (unpaired) electrons. The highest BCUT2D eigenvalue weighted by atomic mass is 16.5. The summed E-state index contributed by atoms with van der Waals surface area (Å²) in [5, 5.41) is 13.0. The van der Waals surface area contributed by atoms with Gasteiger partial charge in [-0.15, -0.1) is 0 Å². The maximum Gasteiger partial charge on any atom is 0.236 e. The van der Waals surface area contributed by atoms with E-state index in [4.69, 9.17) is 4.74 Å². The summed E-state index contributed by atoms with van der Waals surface area (Å²) >= 11 is 0. The molecule has 2 N–H and O–H groups in total. The first-order valence-electron chi connectivity index (χ1n) is 10.9. The van der Waals surface area contributed by atoms with E-state index < -0.39 is 6.10 Å². The molecule has 2 amide bonds. The number of carbonyl (C=O) groups excluding carboxylic acids is 2. The minimum Gasteiger partial charge on any atom is -0.489 e. The number of nitrogens with zero attached hydrogens (tertiary/aromatic N) is 2. The average molecular weight is 414 g/mol. The van der Waals surface area contributed by atoms with Gasteiger partial charge in [-0.25, -0.2) is 0 Å². The summed E-state index contributed by atoms with van der Waals surface area (Å²) in [6.45, 7) is 3.72. The molecule has 3 aliphatic rings. The maximum atomic E-state index is 12.7. The summed E-state index contributed by atoms with van der Waals surface area (Å²) in [7, 11) is 0. The fourth-order valence-electron chi connectivity index (χ4n) is 4.63. The van der Waals surface area contributed by atoms with Gasteiger partial charge in [0, 0.05) is 44.7 Å². The van der Waals surface area contributed by atoms with Gasteiger partial charge in [-0.3, -0.25) is 9.59 Å². The number of aliphatic hydroxyl groups is 1. The second-order valence-corrected chi connectivity index (χ2v) is 8.49. The Morgan fingerprint density at radius 2 is 2.03 bits per heavy atom. The van der Waals surface area contributed by atoms with Crippen LogP contribution in [0.15, 0.2) is 36.4 Å². The molecule has 1 aromatic rings. The largest absolute Gasteiger partial charge is 0.489 e. The van der Waals surface area contributed by atoms with Crippen LogP contribution in [0.25, 0.3) is 0 Å². The highest BCUT2D eigenvalue weighted by Crippen LogP contribution is 2.29. The van der Waals surface area contributed by atoms with Crippen molar-refractivity contribution in [1.82, 2.24) is 15.1 Å². The van der Waals surface area contributed by atoms with E-state index >= 15 is 0 Å². The monoisotopic (exact) mass is 413 g/mol. The van der Waals surface area contributed by atoms with Gasteiger partial charge >= 0.3 is 0 Å². The topological polar surface area (TPSA) is 82.1 Å². The highest BCUT2D eigenvalue weighted by Gasteiger charge is 2.33. The van der Waals surface area contributed by atoms with Gasteiger partial charge in [0.1, 0.15) is 12.4 Å². The minimum absolute atomic E-state index is 0.0958. The van der Waals surface area contributed by atoms with Crippen molar-refractivity contribution in [3.63, 3.8) is 0 Å². The molecule has 3 atom stereocenters. The Morgan fingerprint density at radius 1 is 1.17 bits per heavy atom. The summed E-state index contributed by atoms with van der Waals surface area (Å²) in [4.78, 5) is 29.1. The second-order valence-electron chi connectivity index (χ2n) is 8.49. The summed E-state index contributed by atoms with van der Waals surface area (Å²) in [6.07, 6.45) is 5.66. The lowest BCUT2D eigenvalue weighted by molar-refractivity contribution is -0.134. The van der Waals surface area contributed by atoms with Crippen molar-refractivity contribution in [3.8, 4) is 5.75 Å².